The second-order valence-corrected chi connectivity index (χ2v) is 3.78. The number of nitrogens with zero attached hydrogens (tertiary/aromatic N) is 1. The van der Waals surface area contributed by atoms with Crippen molar-refractivity contribution in [3.05, 3.63) is 47.9 Å². The third-order valence-corrected chi connectivity index (χ3v) is 2.49. The Balaban J connectivity index is 2.54. The average Bonchev–Trinajstić information content (AvgIpc) is 2.37. The normalized spacial score (nSPS) is 10.6. The Morgan fingerprint density at radius 2 is 2.05 bits per heavy atom. The molecule has 0 aliphatic carbocycles. The van der Waals surface area contributed by atoms with E-state index in [9.17, 15) is 18.0 Å². The Labute approximate surface area is 112 Å². The van der Waals surface area contributed by atoms with Crippen LogP contribution in [-0.4, -0.2) is 17.5 Å². The molecule has 0 bridgehead atoms. The Morgan fingerprint density at radius 1 is 1.30 bits per heavy atom. The minimum Gasteiger partial charge on any atom is -0.435 e. The molecule has 0 atom stereocenters. The maximum Gasteiger partial charge on any atom is 0.387 e. The van der Waals surface area contributed by atoms with Crippen molar-refractivity contribution in [2.45, 2.75) is 6.61 Å². The van der Waals surface area contributed by atoms with Gasteiger partial charge in [-0.1, -0.05) is 6.07 Å². The molecule has 0 aliphatic heterocycles. The Kier molecular flexibility index (Phi) is 3.88. The first-order valence-corrected chi connectivity index (χ1v) is 5.48. The molecular formula is C13H9F3N2O2. The van der Waals surface area contributed by atoms with E-state index in [2.05, 4.69) is 9.72 Å². The van der Waals surface area contributed by atoms with E-state index in [1.807, 2.05) is 0 Å². The number of benzene rings is 1. The van der Waals surface area contributed by atoms with E-state index in [1.165, 1.54) is 24.4 Å². The lowest BCUT2D eigenvalue weighted by atomic mass is 10.0. The zero-order chi connectivity index (χ0) is 14.7. The second-order valence-electron chi connectivity index (χ2n) is 3.78. The smallest absolute Gasteiger partial charge is 0.387 e. The number of primary amides is 1. The molecule has 0 unspecified atom stereocenters. The SMILES string of the molecule is NC(=O)c1cccc(F)c1-c1cc(OC(F)F)ccn1. The molecule has 0 aliphatic rings. The van der Waals surface area contributed by atoms with Gasteiger partial charge in [-0.15, -0.1) is 0 Å². The summed E-state index contributed by atoms with van der Waals surface area (Å²) in [6, 6.07) is 6.06. The van der Waals surface area contributed by atoms with Crippen LogP contribution < -0.4 is 10.5 Å². The van der Waals surface area contributed by atoms with Crippen molar-refractivity contribution >= 4 is 5.91 Å². The van der Waals surface area contributed by atoms with Crippen LogP contribution in [0.3, 0.4) is 0 Å². The number of rotatable bonds is 4. The van der Waals surface area contributed by atoms with Gasteiger partial charge in [-0.2, -0.15) is 8.78 Å². The molecule has 1 amide bonds. The van der Waals surface area contributed by atoms with E-state index in [0.717, 1.165) is 12.1 Å². The van der Waals surface area contributed by atoms with Crippen molar-refractivity contribution in [2.75, 3.05) is 0 Å². The summed E-state index contributed by atoms with van der Waals surface area (Å²) in [5.74, 6) is -1.77. The quantitative estimate of drug-likeness (QED) is 0.937. The molecule has 2 N–H and O–H groups in total. The van der Waals surface area contributed by atoms with E-state index < -0.39 is 18.3 Å². The highest BCUT2D eigenvalue weighted by atomic mass is 19.3. The van der Waals surface area contributed by atoms with Gasteiger partial charge in [-0.3, -0.25) is 9.78 Å². The van der Waals surface area contributed by atoms with Gasteiger partial charge in [-0.25, -0.2) is 4.39 Å². The standard InChI is InChI=1S/C13H9F3N2O2/c14-9-3-1-2-8(12(17)19)11(9)10-6-7(4-5-18-10)20-13(15)16/h1-6,13H,(H2,17,19). The van der Waals surface area contributed by atoms with Crippen LogP contribution in [0, 0.1) is 5.82 Å². The Bertz CT molecular complexity index is 647. The zero-order valence-electron chi connectivity index (χ0n) is 10.0. The van der Waals surface area contributed by atoms with E-state index in [0.29, 0.717) is 0 Å². The Hall–Kier alpha value is -2.57. The molecule has 20 heavy (non-hydrogen) atoms. The van der Waals surface area contributed by atoms with Crippen LogP contribution in [-0.2, 0) is 0 Å². The summed E-state index contributed by atoms with van der Waals surface area (Å²) in [6.45, 7) is -3.01. The lowest BCUT2D eigenvalue weighted by Crippen LogP contribution is -2.13. The number of pyridine rings is 1. The predicted octanol–water partition coefficient (Wildman–Crippen LogP) is 2.59. The number of ether oxygens (including phenoxy) is 1. The van der Waals surface area contributed by atoms with Crippen LogP contribution in [0.2, 0.25) is 0 Å². The van der Waals surface area contributed by atoms with Gasteiger partial charge in [0.15, 0.2) is 0 Å². The van der Waals surface area contributed by atoms with Crippen molar-refractivity contribution in [3.63, 3.8) is 0 Å². The van der Waals surface area contributed by atoms with Crippen molar-refractivity contribution in [2.24, 2.45) is 5.73 Å². The maximum absolute atomic E-state index is 13.9. The average molecular weight is 282 g/mol. The number of alkyl halides is 2. The fourth-order valence-electron chi connectivity index (χ4n) is 1.71. The number of halogens is 3. The molecule has 0 fully saturated rings. The van der Waals surface area contributed by atoms with Crippen molar-refractivity contribution < 1.29 is 22.7 Å². The number of hydrogen-bond acceptors (Lipinski definition) is 3. The molecule has 0 saturated carbocycles. The van der Waals surface area contributed by atoms with E-state index >= 15 is 0 Å². The van der Waals surface area contributed by atoms with E-state index in [4.69, 9.17) is 5.73 Å². The third-order valence-electron chi connectivity index (χ3n) is 2.49. The van der Waals surface area contributed by atoms with Gasteiger partial charge in [-0.05, 0) is 18.2 Å². The first-order chi connectivity index (χ1) is 9.49. The third kappa shape index (κ3) is 2.87. The summed E-state index contributed by atoms with van der Waals surface area (Å²) in [4.78, 5) is 15.1. The molecule has 1 heterocycles. The van der Waals surface area contributed by atoms with Gasteiger partial charge in [0.1, 0.15) is 11.6 Å². The fraction of sp³-hybridized carbons (Fsp3) is 0.0769. The van der Waals surface area contributed by atoms with Crippen LogP contribution >= 0.6 is 0 Å². The minimum absolute atomic E-state index is 0.0185. The highest BCUT2D eigenvalue weighted by Gasteiger charge is 2.16. The molecule has 0 saturated heterocycles. The van der Waals surface area contributed by atoms with Crippen LogP contribution in [0.25, 0.3) is 11.3 Å². The number of carbonyl (C=O) groups is 1. The van der Waals surface area contributed by atoms with Gasteiger partial charge in [0.05, 0.1) is 11.3 Å². The van der Waals surface area contributed by atoms with Gasteiger partial charge in [0, 0.05) is 17.8 Å². The number of hydrogen-bond donors (Lipinski definition) is 1. The summed E-state index contributed by atoms with van der Waals surface area (Å²) in [5, 5.41) is 0. The number of carbonyl (C=O) groups excluding carboxylic acids is 1. The molecular weight excluding hydrogens is 273 g/mol. The minimum atomic E-state index is -3.01. The molecule has 2 aromatic rings. The first kappa shape index (κ1) is 13.9. The molecule has 4 nitrogen and oxygen atoms in total. The summed E-state index contributed by atoms with van der Waals surface area (Å²) in [7, 11) is 0. The largest absolute Gasteiger partial charge is 0.435 e. The van der Waals surface area contributed by atoms with E-state index in [-0.39, 0.29) is 22.6 Å². The van der Waals surface area contributed by atoms with Crippen molar-refractivity contribution in [1.82, 2.24) is 4.98 Å². The molecule has 2 rings (SSSR count). The van der Waals surface area contributed by atoms with Gasteiger partial charge in [0.25, 0.3) is 0 Å². The van der Waals surface area contributed by atoms with Crippen molar-refractivity contribution in [1.29, 1.82) is 0 Å². The maximum atomic E-state index is 13.9. The summed E-state index contributed by atoms with van der Waals surface area (Å²) in [5.41, 5.74) is 4.89. The van der Waals surface area contributed by atoms with Crippen LogP contribution in [0.5, 0.6) is 5.75 Å². The number of amides is 1. The summed E-state index contributed by atoms with van der Waals surface area (Å²) >= 11 is 0. The second kappa shape index (κ2) is 5.60. The van der Waals surface area contributed by atoms with Crippen molar-refractivity contribution in [3.8, 4) is 17.0 Å². The highest BCUT2D eigenvalue weighted by Crippen LogP contribution is 2.28. The summed E-state index contributed by atoms with van der Waals surface area (Å²) in [6.07, 6.45) is 1.17. The molecule has 7 heteroatoms. The van der Waals surface area contributed by atoms with Crippen LogP contribution in [0.4, 0.5) is 13.2 Å². The molecule has 1 aromatic carbocycles. The number of nitrogens with two attached hydrogens (primary N) is 1. The first-order valence-electron chi connectivity index (χ1n) is 5.48. The molecule has 104 valence electrons. The van der Waals surface area contributed by atoms with Gasteiger partial charge < -0.3 is 10.5 Å². The zero-order valence-corrected chi connectivity index (χ0v) is 10.0. The fourth-order valence-corrected chi connectivity index (χ4v) is 1.71. The molecule has 0 spiro atoms. The predicted molar refractivity (Wildman–Crippen MR) is 64.8 cm³/mol. The van der Waals surface area contributed by atoms with Crippen LogP contribution in [0.1, 0.15) is 10.4 Å². The van der Waals surface area contributed by atoms with Gasteiger partial charge >= 0.3 is 6.61 Å². The van der Waals surface area contributed by atoms with Crippen LogP contribution in [0.15, 0.2) is 36.5 Å². The molecule has 0 radical (unpaired) electrons. The highest BCUT2D eigenvalue weighted by molar-refractivity contribution is 5.99. The summed E-state index contributed by atoms with van der Waals surface area (Å²) < 4.78 is 42.4. The lowest BCUT2D eigenvalue weighted by molar-refractivity contribution is -0.0498. The Morgan fingerprint density at radius 3 is 2.70 bits per heavy atom. The van der Waals surface area contributed by atoms with E-state index in [1.54, 1.807) is 0 Å². The number of aromatic nitrogens is 1. The van der Waals surface area contributed by atoms with Gasteiger partial charge in [0.2, 0.25) is 5.91 Å². The molecule has 1 aromatic heterocycles. The topological polar surface area (TPSA) is 65.2 Å². The monoisotopic (exact) mass is 282 g/mol. The lowest BCUT2D eigenvalue weighted by Gasteiger charge is -2.09.